The van der Waals surface area contributed by atoms with E-state index < -0.39 is 0 Å². The molecule has 1 aromatic heterocycles. The van der Waals surface area contributed by atoms with Gasteiger partial charge >= 0.3 is 0 Å². The Morgan fingerprint density at radius 3 is 2.87 bits per heavy atom. The van der Waals surface area contributed by atoms with Crippen molar-refractivity contribution in [2.45, 2.75) is 65.4 Å². The van der Waals surface area contributed by atoms with Crippen molar-refractivity contribution < 1.29 is 9.53 Å². The summed E-state index contributed by atoms with van der Waals surface area (Å²) in [5.74, 6) is 1.77. The smallest absolute Gasteiger partial charge is 0.226 e. The Hall–Kier alpha value is -0.940. The van der Waals surface area contributed by atoms with Crippen molar-refractivity contribution in [3.63, 3.8) is 0 Å². The second-order valence-corrected chi connectivity index (χ2v) is 8.58. The fraction of sp³-hybridized carbons (Fsp3) is 0.778. The molecule has 1 aliphatic heterocycles. The van der Waals surface area contributed by atoms with E-state index >= 15 is 0 Å². The molecule has 1 aliphatic rings. The summed E-state index contributed by atoms with van der Waals surface area (Å²) >= 11 is 1.47. The molecule has 0 saturated carbocycles. The molecule has 0 aliphatic carbocycles. The predicted octanol–water partition coefficient (Wildman–Crippen LogP) is 4.73. The number of hydrogen-bond acceptors (Lipinski definition) is 4. The van der Waals surface area contributed by atoms with E-state index in [4.69, 9.17) is 4.74 Å². The number of carbonyl (C=O) groups excluding carboxylic acids is 1. The molecule has 1 amide bonds. The highest BCUT2D eigenvalue weighted by Gasteiger charge is 2.34. The fourth-order valence-corrected chi connectivity index (χ4v) is 3.97. The van der Waals surface area contributed by atoms with E-state index in [1.165, 1.54) is 17.8 Å². The van der Waals surface area contributed by atoms with Gasteiger partial charge in [0, 0.05) is 24.6 Å². The number of amides is 1. The normalized spacial score (nSPS) is 22.0. The quantitative estimate of drug-likeness (QED) is 0.782. The summed E-state index contributed by atoms with van der Waals surface area (Å²) in [6.07, 6.45) is 6.71. The van der Waals surface area contributed by atoms with Gasteiger partial charge < -0.3 is 10.1 Å². The van der Waals surface area contributed by atoms with E-state index in [0.717, 1.165) is 25.9 Å². The predicted molar refractivity (Wildman–Crippen MR) is 95.7 cm³/mol. The molecule has 1 fully saturated rings. The van der Waals surface area contributed by atoms with Crippen LogP contribution < -0.4 is 5.32 Å². The average Bonchev–Trinajstić information content (AvgIpc) is 2.94. The Morgan fingerprint density at radius 1 is 1.48 bits per heavy atom. The van der Waals surface area contributed by atoms with Crippen LogP contribution in [-0.4, -0.2) is 23.1 Å². The van der Waals surface area contributed by atoms with Crippen molar-refractivity contribution in [1.29, 1.82) is 0 Å². The van der Waals surface area contributed by atoms with Crippen LogP contribution in [0.2, 0.25) is 0 Å². The molecule has 2 rings (SSSR count). The molecule has 0 unspecified atom stereocenters. The monoisotopic (exact) mass is 338 g/mol. The Morgan fingerprint density at radius 2 is 2.26 bits per heavy atom. The van der Waals surface area contributed by atoms with Gasteiger partial charge in [0.15, 0.2) is 5.13 Å². The maximum absolute atomic E-state index is 12.4. The van der Waals surface area contributed by atoms with Gasteiger partial charge in [0.2, 0.25) is 5.91 Å². The molecule has 0 aromatic carbocycles. The van der Waals surface area contributed by atoms with Gasteiger partial charge in [0.1, 0.15) is 0 Å². The molecule has 2 atom stereocenters. The molecular weight excluding hydrogens is 308 g/mol. The van der Waals surface area contributed by atoms with Crippen molar-refractivity contribution in [1.82, 2.24) is 4.98 Å². The van der Waals surface area contributed by atoms with Gasteiger partial charge in [-0.2, -0.15) is 0 Å². The first-order valence-corrected chi connectivity index (χ1v) is 9.57. The molecule has 0 bridgehead atoms. The Kier molecular flexibility index (Phi) is 6.60. The van der Waals surface area contributed by atoms with Gasteiger partial charge in [0.25, 0.3) is 0 Å². The maximum atomic E-state index is 12.4. The van der Waals surface area contributed by atoms with Crippen LogP contribution in [0.1, 0.15) is 59.8 Å². The molecule has 1 N–H and O–H groups in total. The number of thiazole rings is 1. The van der Waals surface area contributed by atoms with Crippen LogP contribution in [-0.2, 0) is 9.53 Å². The molecule has 2 heterocycles. The first kappa shape index (κ1) is 18.4. The number of carbonyl (C=O) groups is 1. The van der Waals surface area contributed by atoms with Gasteiger partial charge in [-0.15, -0.1) is 11.3 Å². The molecule has 23 heavy (non-hydrogen) atoms. The zero-order chi connectivity index (χ0) is 16.9. The van der Waals surface area contributed by atoms with E-state index in [-0.39, 0.29) is 11.5 Å². The third-order valence-electron chi connectivity index (χ3n) is 4.64. The topological polar surface area (TPSA) is 51.2 Å². The lowest BCUT2D eigenvalue weighted by Crippen LogP contribution is -2.37. The molecular formula is C18H30N2O2S. The number of ether oxygens (including phenoxy) is 1. The summed E-state index contributed by atoms with van der Waals surface area (Å²) in [6, 6.07) is 0. The van der Waals surface area contributed by atoms with E-state index in [9.17, 15) is 4.79 Å². The summed E-state index contributed by atoms with van der Waals surface area (Å²) in [5, 5.41) is 5.52. The highest BCUT2D eigenvalue weighted by Crippen LogP contribution is 2.37. The number of nitrogens with zero attached hydrogens (tertiary/aromatic N) is 1. The minimum atomic E-state index is -0.0647. The number of nitrogens with one attached hydrogen (secondary N) is 1. The van der Waals surface area contributed by atoms with Crippen molar-refractivity contribution in [2.24, 2.45) is 17.8 Å². The zero-order valence-electron chi connectivity index (χ0n) is 14.8. The molecule has 1 saturated heterocycles. The van der Waals surface area contributed by atoms with E-state index in [2.05, 4.69) is 38.0 Å². The van der Waals surface area contributed by atoms with Crippen LogP contribution in [0, 0.1) is 17.8 Å². The fourth-order valence-electron chi connectivity index (χ4n) is 3.43. The second kappa shape index (κ2) is 8.25. The number of rotatable bonds is 7. The second-order valence-electron chi connectivity index (χ2n) is 7.68. The van der Waals surface area contributed by atoms with E-state index in [1.54, 1.807) is 6.20 Å². The minimum Gasteiger partial charge on any atom is -0.376 e. The van der Waals surface area contributed by atoms with Crippen molar-refractivity contribution in [3.8, 4) is 0 Å². The lowest BCUT2D eigenvalue weighted by atomic mass is 9.75. The number of aromatic nitrogens is 1. The van der Waals surface area contributed by atoms with Crippen LogP contribution in [0.15, 0.2) is 11.6 Å². The van der Waals surface area contributed by atoms with Gasteiger partial charge in [0.05, 0.1) is 5.60 Å². The molecule has 1 aromatic rings. The Bertz CT molecular complexity index is 485. The SMILES string of the molecule is CC(C)CC[C@H](CC(=O)Nc1nccs1)[C@@H]1CCOC(C)(C)C1. The maximum Gasteiger partial charge on any atom is 0.226 e. The van der Waals surface area contributed by atoms with Crippen LogP contribution >= 0.6 is 11.3 Å². The lowest BCUT2D eigenvalue weighted by Gasteiger charge is -2.39. The van der Waals surface area contributed by atoms with E-state index in [1.807, 2.05) is 5.38 Å². The van der Waals surface area contributed by atoms with Crippen LogP contribution in [0.3, 0.4) is 0 Å². The summed E-state index contributed by atoms with van der Waals surface area (Å²) in [4.78, 5) is 16.5. The van der Waals surface area contributed by atoms with Gasteiger partial charge in [-0.1, -0.05) is 20.3 Å². The van der Waals surface area contributed by atoms with Crippen molar-refractivity contribution >= 4 is 22.4 Å². The van der Waals surface area contributed by atoms with Crippen LogP contribution in [0.4, 0.5) is 5.13 Å². The first-order valence-electron chi connectivity index (χ1n) is 8.69. The molecule has 0 radical (unpaired) electrons. The van der Waals surface area contributed by atoms with Crippen molar-refractivity contribution in [2.75, 3.05) is 11.9 Å². The van der Waals surface area contributed by atoms with Gasteiger partial charge in [-0.25, -0.2) is 4.98 Å². The van der Waals surface area contributed by atoms with Gasteiger partial charge in [-0.05, 0) is 50.9 Å². The molecule has 5 heteroatoms. The Labute approximate surface area is 144 Å². The molecule has 130 valence electrons. The summed E-state index contributed by atoms with van der Waals surface area (Å²) < 4.78 is 5.85. The highest BCUT2D eigenvalue weighted by atomic mass is 32.1. The molecule has 0 spiro atoms. The molecule has 4 nitrogen and oxygen atoms in total. The zero-order valence-corrected chi connectivity index (χ0v) is 15.6. The first-order chi connectivity index (χ1) is 10.9. The number of anilines is 1. The van der Waals surface area contributed by atoms with Crippen LogP contribution in [0.5, 0.6) is 0 Å². The number of hydrogen-bond donors (Lipinski definition) is 1. The van der Waals surface area contributed by atoms with Crippen molar-refractivity contribution in [3.05, 3.63) is 11.6 Å². The summed E-state index contributed by atoms with van der Waals surface area (Å²) in [6.45, 7) is 9.63. The highest BCUT2D eigenvalue weighted by molar-refractivity contribution is 7.13. The lowest BCUT2D eigenvalue weighted by molar-refractivity contribution is -0.119. The third-order valence-corrected chi connectivity index (χ3v) is 5.33. The Balaban J connectivity index is 1.96. The van der Waals surface area contributed by atoms with Crippen LogP contribution in [0.25, 0.3) is 0 Å². The van der Waals surface area contributed by atoms with Gasteiger partial charge in [-0.3, -0.25) is 4.79 Å². The van der Waals surface area contributed by atoms with E-state index in [0.29, 0.717) is 29.3 Å². The summed E-state index contributed by atoms with van der Waals surface area (Å²) in [5.41, 5.74) is -0.0647. The largest absolute Gasteiger partial charge is 0.376 e. The minimum absolute atomic E-state index is 0.0647. The average molecular weight is 339 g/mol. The summed E-state index contributed by atoms with van der Waals surface area (Å²) in [7, 11) is 0. The standard InChI is InChI=1S/C18H30N2O2S/c1-13(2)5-6-14(15-7-9-22-18(3,4)12-15)11-16(21)20-17-19-8-10-23-17/h8,10,13-15H,5-7,9,11-12H2,1-4H3,(H,19,20,21)/t14-,15-/m1/s1. The third kappa shape index (κ3) is 6.22.